The Hall–Kier alpha value is -2.39. The van der Waals surface area contributed by atoms with Crippen LogP contribution < -0.4 is 5.32 Å². The Kier molecular flexibility index (Phi) is 6.23. The first-order valence-corrected chi connectivity index (χ1v) is 10.6. The highest BCUT2D eigenvalue weighted by atomic mass is 16.1. The van der Waals surface area contributed by atoms with Gasteiger partial charge in [-0.3, -0.25) is 9.69 Å². The van der Waals surface area contributed by atoms with E-state index in [1.54, 1.807) is 0 Å². The molecule has 28 heavy (non-hydrogen) atoms. The van der Waals surface area contributed by atoms with Gasteiger partial charge in [0.15, 0.2) is 0 Å². The van der Waals surface area contributed by atoms with Crippen molar-refractivity contribution >= 4 is 11.5 Å². The van der Waals surface area contributed by atoms with E-state index in [0.717, 1.165) is 44.5 Å². The van der Waals surface area contributed by atoms with Crippen molar-refractivity contribution in [1.82, 2.24) is 10.2 Å². The number of benzene rings is 2. The third-order valence-electron chi connectivity index (χ3n) is 6.11. The summed E-state index contributed by atoms with van der Waals surface area (Å²) < 4.78 is 0. The third kappa shape index (κ3) is 4.90. The van der Waals surface area contributed by atoms with Crippen molar-refractivity contribution in [3.8, 4) is 0 Å². The molecule has 2 atom stereocenters. The molecule has 2 aromatic carbocycles. The molecule has 2 aliphatic rings. The maximum Gasteiger partial charge on any atom is 0.251 e. The van der Waals surface area contributed by atoms with Crippen LogP contribution in [0.3, 0.4) is 0 Å². The Labute approximate surface area is 168 Å². The van der Waals surface area contributed by atoms with E-state index in [1.807, 2.05) is 30.3 Å². The van der Waals surface area contributed by atoms with E-state index >= 15 is 0 Å². The second kappa shape index (κ2) is 9.20. The van der Waals surface area contributed by atoms with Crippen molar-refractivity contribution in [1.29, 1.82) is 0 Å². The Balaban J connectivity index is 1.27. The van der Waals surface area contributed by atoms with Crippen LogP contribution in [0.4, 0.5) is 0 Å². The van der Waals surface area contributed by atoms with Gasteiger partial charge in [0.05, 0.1) is 0 Å². The number of carbonyl (C=O) groups excluding carboxylic acids is 1. The summed E-state index contributed by atoms with van der Waals surface area (Å²) in [7, 11) is 0. The molecule has 1 aliphatic heterocycles. The van der Waals surface area contributed by atoms with Crippen molar-refractivity contribution in [2.75, 3.05) is 19.6 Å². The lowest BCUT2D eigenvalue weighted by molar-refractivity contribution is 0.0913. The number of rotatable bonds is 5. The number of hydrogen-bond acceptors (Lipinski definition) is 2. The summed E-state index contributed by atoms with van der Waals surface area (Å²) in [6.45, 7) is 3.33. The lowest BCUT2D eigenvalue weighted by Gasteiger charge is -2.35. The largest absolute Gasteiger partial charge is 0.349 e. The van der Waals surface area contributed by atoms with Gasteiger partial charge in [0.2, 0.25) is 0 Å². The first-order valence-electron chi connectivity index (χ1n) is 10.6. The summed E-state index contributed by atoms with van der Waals surface area (Å²) in [5.74, 6) is 0.751. The predicted molar refractivity (Wildman–Crippen MR) is 115 cm³/mol. The van der Waals surface area contributed by atoms with Crippen molar-refractivity contribution in [2.24, 2.45) is 5.92 Å². The van der Waals surface area contributed by atoms with E-state index in [9.17, 15) is 4.79 Å². The van der Waals surface area contributed by atoms with E-state index in [0.29, 0.717) is 12.0 Å². The van der Waals surface area contributed by atoms with Gasteiger partial charge in [0.1, 0.15) is 0 Å². The first-order chi connectivity index (χ1) is 13.8. The van der Waals surface area contributed by atoms with Gasteiger partial charge in [0.25, 0.3) is 5.91 Å². The molecule has 1 N–H and O–H groups in total. The van der Waals surface area contributed by atoms with E-state index in [2.05, 4.69) is 46.6 Å². The van der Waals surface area contributed by atoms with Gasteiger partial charge >= 0.3 is 0 Å². The second-order valence-corrected chi connectivity index (χ2v) is 8.17. The fraction of sp³-hybridized carbons (Fsp3) is 0.400. The molecule has 3 nitrogen and oxygen atoms in total. The lowest BCUT2D eigenvalue weighted by Crippen LogP contribution is -2.41. The van der Waals surface area contributed by atoms with E-state index < -0.39 is 0 Å². The molecule has 0 aromatic heterocycles. The van der Waals surface area contributed by atoms with Gasteiger partial charge in [0, 0.05) is 31.2 Å². The van der Waals surface area contributed by atoms with Crippen LogP contribution in [0.2, 0.25) is 0 Å². The van der Waals surface area contributed by atoms with Crippen LogP contribution in [-0.4, -0.2) is 36.5 Å². The van der Waals surface area contributed by atoms with Crippen LogP contribution in [0.15, 0.2) is 66.7 Å². The van der Waals surface area contributed by atoms with Crippen molar-refractivity contribution in [2.45, 2.75) is 38.1 Å². The molecule has 0 saturated heterocycles. The molecule has 1 fully saturated rings. The zero-order valence-corrected chi connectivity index (χ0v) is 16.5. The highest BCUT2D eigenvalue weighted by Crippen LogP contribution is 2.28. The monoisotopic (exact) mass is 374 g/mol. The molecule has 0 radical (unpaired) electrons. The van der Waals surface area contributed by atoms with Gasteiger partial charge in [-0.25, -0.2) is 0 Å². The Morgan fingerprint density at radius 2 is 1.75 bits per heavy atom. The minimum absolute atomic E-state index is 0.0691. The van der Waals surface area contributed by atoms with Crippen molar-refractivity contribution in [3.05, 3.63) is 77.9 Å². The molecule has 2 aromatic rings. The van der Waals surface area contributed by atoms with Gasteiger partial charge in [-0.15, -0.1) is 0 Å². The summed E-state index contributed by atoms with van der Waals surface area (Å²) in [4.78, 5) is 15.0. The summed E-state index contributed by atoms with van der Waals surface area (Å²) in [6.07, 6.45) is 8.23. The van der Waals surface area contributed by atoms with Crippen LogP contribution in [-0.2, 0) is 0 Å². The van der Waals surface area contributed by atoms with Gasteiger partial charge < -0.3 is 5.32 Å². The molecule has 1 aliphatic carbocycles. The van der Waals surface area contributed by atoms with E-state index in [4.69, 9.17) is 0 Å². The van der Waals surface area contributed by atoms with Gasteiger partial charge in [-0.1, -0.05) is 61.0 Å². The maximum atomic E-state index is 12.5. The molecule has 4 rings (SSSR count). The zero-order chi connectivity index (χ0) is 19.2. The SMILES string of the molecule is O=C(NC1CCCC(CN2CC=C(c3ccccc3)CC2)C1)c1ccccc1. The summed E-state index contributed by atoms with van der Waals surface area (Å²) in [5, 5.41) is 3.26. The molecule has 0 bridgehead atoms. The molecule has 1 amide bonds. The molecular weight excluding hydrogens is 344 g/mol. The number of hydrogen-bond donors (Lipinski definition) is 1. The summed E-state index contributed by atoms with van der Waals surface area (Å²) >= 11 is 0. The van der Waals surface area contributed by atoms with Crippen LogP contribution in [0, 0.1) is 5.92 Å². The van der Waals surface area contributed by atoms with E-state index in [-0.39, 0.29) is 5.91 Å². The van der Waals surface area contributed by atoms with Crippen molar-refractivity contribution < 1.29 is 4.79 Å². The van der Waals surface area contributed by atoms with Crippen molar-refractivity contribution in [3.63, 3.8) is 0 Å². The first kappa shape index (κ1) is 18.9. The maximum absolute atomic E-state index is 12.5. The fourth-order valence-electron chi connectivity index (χ4n) is 4.60. The smallest absolute Gasteiger partial charge is 0.251 e. The standard InChI is InChI=1S/C25H30N2O/c28-25(23-11-5-2-6-12-23)26-24-13-7-8-20(18-24)19-27-16-14-22(15-17-27)21-9-3-1-4-10-21/h1-6,9-12,14,20,24H,7-8,13,15-19H2,(H,26,28). The highest BCUT2D eigenvalue weighted by molar-refractivity contribution is 5.94. The molecule has 3 heteroatoms. The number of carbonyl (C=O) groups is 1. The van der Waals surface area contributed by atoms with Gasteiger partial charge in [-0.2, -0.15) is 0 Å². The summed E-state index contributed by atoms with van der Waals surface area (Å²) in [6, 6.07) is 20.6. The summed E-state index contributed by atoms with van der Waals surface area (Å²) in [5.41, 5.74) is 3.61. The third-order valence-corrected chi connectivity index (χ3v) is 6.11. The van der Waals surface area contributed by atoms with Crippen LogP contribution in [0.25, 0.3) is 5.57 Å². The molecule has 1 heterocycles. The van der Waals surface area contributed by atoms with E-state index in [1.165, 1.54) is 24.0 Å². The second-order valence-electron chi connectivity index (χ2n) is 8.17. The molecule has 2 unspecified atom stereocenters. The Morgan fingerprint density at radius 3 is 2.46 bits per heavy atom. The molecule has 146 valence electrons. The number of amides is 1. The minimum atomic E-state index is 0.0691. The Bertz CT molecular complexity index is 800. The minimum Gasteiger partial charge on any atom is -0.349 e. The molecule has 0 spiro atoms. The highest BCUT2D eigenvalue weighted by Gasteiger charge is 2.25. The molecule has 1 saturated carbocycles. The number of nitrogens with zero attached hydrogens (tertiary/aromatic N) is 1. The average Bonchev–Trinajstić information content (AvgIpc) is 2.76. The quantitative estimate of drug-likeness (QED) is 0.818. The zero-order valence-electron chi connectivity index (χ0n) is 16.5. The topological polar surface area (TPSA) is 32.3 Å². The normalized spacial score (nSPS) is 23.1. The van der Waals surface area contributed by atoms with Crippen LogP contribution in [0.1, 0.15) is 48.0 Å². The van der Waals surface area contributed by atoms with Crippen LogP contribution >= 0.6 is 0 Å². The predicted octanol–water partition coefficient (Wildman–Crippen LogP) is 4.76. The Morgan fingerprint density at radius 1 is 1.00 bits per heavy atom. The lowest BCUT2D eigenvalue weighted by atomic mass is 9.85. The molecular formula is C25H30N2O. The number of nitrogens with one attached hydrogen (secondary N) is 1. The van der Waals surface area contributed by atoms with Crippen LogP contribution in [0.5, 0.6) is 0 Å². The average molecular weight is 375 g/mol. The fourth-order valence-corrected chi connectivity index (χ4v) is 4.60. The van der Waals surface area contributed by atoms with Gasteiger partial charge in [-0.05, 0) is 54.9 Å².